The minimum atomic E-state index is -1.57. The molecule has 1 aliphatic rings. The Balaban J connectivity index is 2.05. The lowest BCUT2D eigenvalue weighted by atomic mass is 9.99. The van der Waals surface area contributed by atoms with Gasteiger partial charge in [0.25, 0.3) is 0 Å². The van der Waals surface area contributed by atoms with Crippen molar-refractivity contribution >= 4 is 5.91 Å². The van der Waals surface area contributed by atoms with Gasteiger partial charge in [0, 0.05) is 6.42 Å². The molecule has 1 heterocycles. The average Bonchev–Trinajstić information content (AvgIpc) is 3.57. The Morgan fingerprint density at radius 1 is 0.402 bits per heavy atom. The number of unbranched alkanes of at least 4 members (excludes halogenated alkanes) is 53. The van der Waals surface area contributed by atoms with E-state index in [-0.39, 0.29) is 12.5 Å². The first kappa shape index (κ1) is 78.7. The topological polar surface area (TPSA) is 149 Å². The van der Waals surface area contributed by atoms with Crippen molar-refractivity contribution in [3.05, 3.63) is 24.3 Å². The van der Waals surface area contributed by atoms with Crippen molar-refractivity contribution in [3.63, 3.8) is 0 Å². The van der Waals surface area contributed by atoms with E-state index in [1.54, 1.807) is 6.08 Å². The van der Waals surface area contributed by atoms with Gasteiger partial charge < -0.3 is 40.3 Å². The number of rotatable bonds is 65. The van der Waals surface area contributed by atoms with E-state index in [0.29, 0.717) is 6.42 Å². The van der Waals surface area contributed by atoms with E-state index in [9.17, 15) is 30.3 Å². The summed E-state index contributed by atoms with van der Waals surface area (Å²) in [7, 11) is 0. The van der Waals surface area contributed by atoms with Crippen molar-refractivity contribution in [2.45, 2.75) is 423 Å². The fourth-order valence-electron chi connectivity index (χ4n) is 12.1. The number of aliphatic hydroxyl groups excluding tert-OH is 5. The summed E-state index contributed by atoms with van der Waals surface area (Å²) in [6.45, 7) is 3.82. The maximum absolute atomic E-state index is 13.1. The zero-order valence-electron chi connectivity index (χ0n) is 54.5. The molecule has 0 bridgehead atoms. The van der Waals surface area contributed by atoms with Gasteiger partial charge in [0.1, 0.15) is 24.4 Å². The number of carbonyl (C=O) groups excluding carboxylic acids is 1. The van der Waals surface area contributed by atoms with Crippen LogP contribution < -0.4 is 5.32 Å². The molecule has 486 valence electrons. The molecule has 1 saturated heterocycles. The standard InChI is InChI=1S/C73H141NO8/c1-3-5-7-9-11-13-15-17-19-21-23-25-26-27-28-29-30-31-32-33-34-35-36-37-38-39-40-41-42-43-45-47-49-51-53-55-57-59-61-63-69(77)74-66(65-81-73-72(80)71(79)70(78)68(64-75)82-73)67(76)62-60-58-56-54-52-50-48-46-44-24-22-20-18-16-14-12-10-8-6-4-2/h52,54,60,62,66-68,70-73,75-76,78-80H,3-51,53,55-59,61,63-65H2,1-2H3,(H,74,77)/b54-52+,62-60+. The molecule has 7 unspecified atom stereocenters. The monoisotopic (exact) mass is 1160 g/mol. The molecule has 1 fully saturated rings. The zero-order valence-corrected chi connectivity index (χ0v) is 54.5. The number of nitrogens with one attached hydrogen (secondary N) is 1. The normalized spacial score (nSPS) is 18.4. The lowest BCUT2D eigenvalue weighted by molar-refractivity contribution is -0.302. The van der Waals surface area contributed by atoms with Gasteiger partial charge >= 0.3 is 0 Å². The minimum Gasteiger partial charge on any atom is -0.394 e. The highest BCUT2D eigenvalue weighted by Gasteiger charge is 2.44. The van der Waals surface area contributed by atoms with Crippen molar-refractivity contribution in [2.75, 3.05) is 13.2 Å². The molecule has 0 aromatic carbocycles. The molecule has 0 spiro atoms. The molecular formula is C73H141NO8. The summed E-state index contributed by atoms with van der Waals surface area (Å²) in [5, 5.41) is 54.7. The van der Waals surface area contributed by atoms with Gasteiger partial charge in [-0.3, -0.25) is 4.79 Å². The quantitative estimate of drug-likeness (QED) is 0.0261. The van der Waals surface area contributed by atoms with Crippen LogP contribution in [0.3, 0.4) is 0 Å². The van der Waals surface area contributed by atoms with Crippen LogP contribution >= 0.6 is 0 Å². The highest BCUT2D eigenvalue weighted by molar-refractivity contribution is 5.76. The molecule has 0 aliphatic carbocycles. The number of ether oxygens (including phenoxy) is 2. The summed E-state index contributed by atoms with van der Waals surface area (Å²) in [5.41, 5.74) is 0. The summed E-state index contributed by atoms with van der Waals surface area (Å²) < 4.78 is 11.3. The second kappa shape index (κ2) is 62.7. The molecule has 7 atom stereocenters. The van der Waals surface area contributed by atoms with Crippen molar-refractivity contribution < 1.29 is 39.8 Å². The molecule has 1 aliphatic heterocycles. The molecule has 9 nitrogen and oxygen atoms in total. The van der Waals surface area contributed by atoms with Crippen LogP contribution in [-0.2, 0) is 14.3 Å². The van der Waals surface area contributed by atoms with E-state index in [0.717, 1.165) is 38.5 Å². The predicted octanol–water partition coefficient (Wildman–Crippen LogP) is 20.0. The molecule has 9 heteroatoms. The Morgan fingerprint density at radius 3 is 1.02 bits per heavy atom. The van der Waals surface area contributed by atoms with Gasteiger partial charge in [-0.1, -0.05) is 366 Å². The van der Waals surface area contributed by atoms with Gasteiger partial charge in [0.2, 0.25) is 5.91 Å². The van der Waals surface area contributed by atoms with Gasteiger partial charge in [-0.05, 0) is 32.1 Å². The van der Waals surface area contributed by atoms with Crippen molar-refractivity contribution in [1.29, 1.82) is 0 Å². The third-order valence-electron chi connectivity index (χ3n) is 17.8. The van der Waals surface area contributed by atoms with E-state index < -0.39 is 49.5 Å². The highest BCUT2D eigenvalue weighted by atomic mass is 16.7. The van der Waals surface area contributed by atoms with E-state index in [1.165, 1.54) is 321 Å². The van der Waals surface area contributed by atoms with Crippen LogP contribution in [0.15, 0.2) is 24.3 Å². The van der Waals surface area contributed by atoms with Crippen LogP contribution in [0.1, 0.15) is 380 Å². The Hall–Kier alpha value is -1.33. The first-order chi connectivity index (χ1) is 40.3. The van der Waals surface area contributed by atoms with Crippen molar-refractivity contribution in [1.82, 2.24) is 5.32 Å². The van der Waals surface area contributed by atoms with Crippen LogP contribution in [0.25, 0.3) is 0 Å². The Morgan fingerprint density at radius 2 is 0.695 bits per heavy atom. The third kappa shape index (κ3) is 50.8. The van der Waals surface area contributed by atoms with E-state index in [1.807, 2.05) is 6.08 Å². The smallest absolute Gasteiger partial charge is 0.220 e. The second-order valence-corrected chi connectivity index (χ2v) is 25.7. The number of allylic oxidation sites excluding steroid dienone is 3. The third-order valence-corrected chi connectivity index (χ3v) is 17.8. The number of aliphatic hydroxyl groups is 5. The molecule has 6 N–H and O–H groups in total. The van der Waals surface area contributed by atoms with E-state index in [4.69, 9.17) is 9.47 Å². The van der Waals surface area contributed by atoms with Crippen molar-refractivity contribution in [2.24, 2.45) is 0 Å². The Labute approximate surface area is 509 Å². The number of hydrogen-bond donors (Lipinski definition) is 6. The van der Waals surface area contributed by atoms with Gasteiger partial charge in [-0.25, -0.2) is 0 Å². The summed E-state index contributed by atoms with van der Waals surface area (Å²) in [6, 6.07) is -0.820. The van der Waals surface area contributed by atoms with Gasteiger partial charge in [0.05, 0.1) is 25.4 Å². The summed E-state index contributed by atoms with van der Waals surface area (Å²) in [5.74, 6) is -0.178. The zero-order chi connectivity index (χ0) is 59.3. The summed E-state index contributed by atoms with van der Waals surface area (Å²) in [4.78, 5) is 13.1. The molecule has 0 aromatic rings. The predicted molar refractivity (Wildman–Crippen MR) is 350 cm³/mol. The van der Waals surface area contributed by atoms with E-state index in [2.05, 4.69) is 31.3 Å². The number of amides is 1. The van der Waals surface area contributed by atoms with Crippen molar-refractivity contribution in [3.8, 4) is 0 Å². The lowest BCUT2D eigenvalue weighted by Crippen LogP contribution is -2.60. The minimum absolute atomic E-state index is 0.178. The summed E-state index contributed by atoms with van der Waals surface area (Å²) in [6.07, 6.45) is 76.1. The number of carbonyl (C=O) groups is 1. The first-order valence-electron chi connectivity index (χ1n) is 36.6. The highest BCUT2D eigenvalue weighted by Crippen LogP contribution is 2.24. The SMILES string of the molecule is CCCCCCCCCCCCCCCC/C=C/CC/C=C/C(O)C(COC1OC(CO)C(O)C(O)C1O)NC(=O)CCCCCCCCCCCCCCCCCCCCCCCCCCCCCCCCCCCCCCCCC. The van der Waals surface area contributed by atoms with Crippen LogP contribution in [0, 0.1) is 0 Å². The molecule has 0 aromatic heterocycles. The van der Waals surface area contributed by atoms with Gasteiger partial charge in [0.15, 0.2) is 6.29 Å². The summed E-state index contributed by atoms with van der Waals surface area (Å²) >= 11 is 0. The largest absolute Gasteiger partial charge is 0.394 e. The number of hydrogen-bond acceptors (Lipinski definition) is 8. The second-order valence-electron chi connectivity index (χ2n) is 25.7. The molecule has 1 amide bonds. The van der Waals surface area contributed by atoms with E-state index >= 15 is 0 Å². The van der Waals surface area contributed by atoms with Gasteiger partial charge in [-0.15, -0.1) is 0 Å². The fourth-order valence-corrected chi connectivity index (χ4v) is 12.1. The lowest BCUT2D eigenvalue weighted by Gasteiger charge is -2.40. The molecule has 82 heavy (non-hydrogen) atoms. The molecular weight excluding hydrogens is 1020 g/mol. The van der Waals surface area contributed by atoms with Crippen LogP contribution in [0.4, 0.5) is 0 Å². The van der Waals surface area contributed by atoms with Crippen LogP contribution in [0.5, 0.6) is 0 Å². The first-order valence-corrected chi connectivity index (χ1v) is 36.6. The fraction of sp³-hybridized carbons (Fsp3) is 0.932. The Kier molecular flexibility index (Phi) is 60.2. The molecule has 0 radical (unpaired) electrons. The molecule has 1 rings (SSSR count). The van der Waals surface area contributed by atoms with Crippen LogP contribution in [-0.4, -0.2) is 87.5 Å². The average molecular weight is 1160 g/mol. The Bertz CT molecular complexity index is 1340. The maximum atomic E-state index is 13.1. The van der Waals surface area contributed by atoms with Gasteiger partial charge in [-0.2, -0.15) is 0 Å². The van der Waals surface area contributed by atoms with Crippen LogP contribution in [0.2, 0.25) is 0 Å². The molecule has 0 saturated carbocycles. The maximum Gasteiger partial charge on any atom is 0.220 e.